The van der Waals surface area contributed by atoms with Gasteiger partial charge in [0.1, 0.15) is 0 Å². The second kappa shape index (κ2) is 5.99. The maximum atomic E-state index is 5.91. The molecule has 0 saturated heterocycles. The highest BCUT2D eigenvalue weighted by Crippen LogP contribution is 2.22. The van der Waals surface area contributed by atoms with E-state index < -0.39 is 0 Å². The summed E-state index contributed by atoms with van der Waals surface area (Å²) in [4.78, 5) is 13.4. The molecular formula is C16H13ClN4. The van der Waals surface area contributed by atoms with Crippen molar-refractivity contribution in [3.8, 4) is 22.8 Å². The van der Waals surface area contributed by atoms with E-state index in [1.807, 2.05) is 48.5 Å². The predicted molar refractivity (Wildman–Crippen MR) is 83.6 cm³/mol. The first-order valence-electron chi connectivity index (χ1n) is 6.51. The molecule has 3 rings (SSSR count). The summed E-state index contributed by atoms with van der Waals surface area (Å²) in [5.41, 5.74) is 8.96. The van der Waals surface area contributed by atoms with Gasteiger partial charge in [-0.2, -0.15) is 0 Å². The van der Waals surface area contributed by atoms with Crippen LogP contribution in [-0.2, 0) is 6.54 Å². The van der Waals surface area contributed by atoms with Gasteiger partial charge < -0.3 is 5.73 Å². The van der Waals surface area contributed by atoms with Gasteiger partial charge in [0.15, 0.2) is 5.82 Å². The highest BCUT2D eigenvalue weighted by molar-refractivity contribution is 6.30. The van der Waals surface area contributed by atoms with Gasteiger partial charge in [0.05, 0.1) is 17.1 Å². The van der Waals surface area contributed by atoms with Crippen LogP contribution in [0, 0.1) is 0 Å². The van der Waals surface area contributed by atoms with Gasteiger partial charge >= 0.3 is 0 Å². The van der Waals surface area contributed by atoms with Crippen molar-refractivity contribution in [3.63, 3.8) is 0 Å². The number of nitrogens with two attached hydrogens (primary N) is 1. The molecule has 5 heteroatoms. The van der Waals surface area contributed by atoms with Gasteiger partial charge in [-0.25, -0.2) is 9.97 Å². The first-order chi connectivity index (χ1) is 10.3. The van der Waals surface area contributed by atoms with Crippen molar-refractivity contribution in [2.45, 2.75) is 6.54 Å². The third kappa shape index (κ3) is 3.07. The Balaban J connectivity index is 2.11. The lowest BCUT2D eigenvalue weighted by molar-refractivity contribution is 0.970. The highest BCUT2D eigenvalue weighted by atomic mass is 35.5. The van der Waals surface area contributed by atoms with Crippen molar-refractivity contribution >= 4 is 11.6 Å². The van der Waals surface area contributed by atoms with Crippen LogP contribution in [0.5, 0.6) is 0 Å². The maximum Gasteiger partial charge on any atom is 0.160 e. The van der Waals surface area contributed by atoms with Gasteiger partial charge in [0.25, 0.3) is 0 Å². The molecule has 0 aliphatic heterocycles. The van der Waals surface area contributed by atoms with E-state index in [9.17, 15) is 0 Å². The van der Waals surface area contributed by atoms with Crippen LogP contribution in [-0.4, -0.2) is 15.0 Å². The Morgan fingerprint density at radius 1 is 0.952 bits per heavy atom. The number of benzene rings is 1. The Labute approximate surface area is 127 Å². The van der Waals surface area contributed by atoms with Crippen LogP contribution in [0.4, 0.5) is 0 Å². The van der Waals surface area contributed by atoms with E-state index in [1.165, 1.54) is 0 Å². The topological polar surface area (TPSA) is 64.7 Å². The zero-order valence-electron chi connectivity index (χ0n) is 11.2. The third-order valence-corrected chi connectivity index (χ3v) is 3.27. The van der Waals surface area contributed by atoms with Gasteiger partial charge in [-0.15, -0.1) is 0 Å². The molecule has 0 aliphatic rings. The minimum atomic E-state index is 0.350. The molecule has 104 valence electrons. The zero-order valence-corrected chi connectivity index (χ0v) is 12.0. The number of hydrogen-bond donors (Lipinski definition) is 1. The molecule has 0 spiro atoms. The number of hydrogen-bond acceptors (Lipinski definition) is 4. The lowest BCUT2D eigenvalue weighted by Crippen LogP contribution is -2.03. The van der Waals surface area contributed by atoms with Crippen LogP contribution < -0.4 is 5.73 Å². The highest BCUT2D eigenvalue weighted by Gasteiger charge is 2.08. The van der Waals surface area contributed by atoms with Crippen molar-refractivity contribution in [2.75, 3.05) is 0 Å². The average molecular weight is 297 g/mol. The molecule has 0 aliphatic carbocycles. The molecule has 0 radical (unpaired) electrons. The van der Waals surface area contributed by atoms with E-state index in [4.69, 9.17) is 17.3 Å². The number of nitrogens with zero attached hydrogens (tertiary/aromatic N) is 3. The summed E-state index contributed by atoms with van der Waals surface area (Å²) in [7, 11) is 0. The summed E-state index contributed by atoms with van der Waals surface area (Å²) in [5.74, 6) is 0.621. The van der Waals surface area contributed by atoms with Crippen molar-refractivity contribution in [2.24, 2.45) is 5.73 Å². The largest absolute Gasteiger partial charge is 0.325 e. The molecule has 0 bridgehead atoms. The van der Waals surface area contributed by atoms with Gasteiger partial charge in [-0.1, -0.05) is 17.7 Å². The average Bonchev–Trinajstić information content (AvgIpc) is 2.56. The Morgan fingerprint density at radius 2 is 1.76 bits per heavy atom. The fourth-order valence-electron chi connectivity index (χ4n) is 1.98. The standard InChI is InChI=1S/C16H13ClN4/c17-12-6-4-11(5-7-12)16-20-13(10-18)9-15(21-16)14-3-1-2-8-19-14/h1-9H,10,18H2. The van der Waals surface area contributed by atoms with Crippen LogP contribution in [0.3, 0.4) is 0 Å². The Bertz CT molecular complexity index is 742. The number of pyridine rings is 1. The van der Waals surface area contributed by atoms with E-state index in [2.05, 4.69) is 15.0 Å². The van der Waals surface area contributed by atoms with Gasteiger partial charge in [-0.3, -0.25) is 4.98 Å². The number of aromatic nitrogens is 3. The second-order valence-electron chi connectivity index (χ2n) is 4.49. The lowest BCUT2D eigenvalue weighted by atomic mass is 10.2. The SMILES string of the molecule is NCc1cc(-c2ccccn2)nc(-c2ccc(Cl)cc2)n1. The van der Waals surface area contributed by atoms with E-state index in [1.54, 1.807) is 6.20 Å². The summed E-state index contributed by atoms with van der Waals surface area (Å²) in [6, 6.07) is 15.0. The van der Waals surface area contributed by atoms with Crippen LogP contribution in [0.15, 0.2) is 54.7 Å². The maximum absolute atomic E-state index is 5.91. The summed E-state index contributed by atoms with van der Waals surface area (Å²) in [6.07, 6.45) is 1.74. The lowest BCUT2D eigenvalue weighted by Gasteiger charge is -2.07. The second-order valence-corrected chi connectivity index (χ2v) is 4.93. The van der Waals surface area contributed by atoms with E-state index in [-0.39, 0.29) is 0 Å². The summed E-state index contributed by atoms with van der Waals surface area (Å²) < 4.78 is 0. The smallest absolute Gasteiger partial charge is 0.160 e. The Kier molecular flexibility index (Phi) is 3.90. The fraction of sp³-hybridized carbons (Fsp3) is 0.0625. The zero-order chi connectivity index (χ0) is 14.7. The first kappa shape index (κ1) is 13.7. The molecular weight excluding hydrogens is 284 g/mol. The Hall–Kier alpha value is -2.30. The molecule has 1 aromatic carbocycles. The Morgan fingerprint density at radius 3 is 2.43 bits per heavy atom. The molecule has 4 nitrogen and oxygen atoms in total. The van der Waals surface area contributed by atoms with Gasteiger partial charge in [0, 0.05) is 23.3 Å². The van der Waals surface area contributed by atoms with E-state index >= 15 is 0 Å². The normalized spacial score (nSPS) is 10.6. The summed E-state index contributed by atoms with van der Waals surface area (Å²) in [5, 5.41) is 0.679. The van der Waals surface area contributed by atoms with Crippen LogP contribution >= 0.6 is 11.6 Å². The predicted octanol–water partition coefficient (Wildman–Crippen LogP) is 3.32. The fourth-order valence-corrected chi connectivity index (χ4v) is 2.10. The van der Waals surface area contributed by atoms with Crippen molar-refractivity contribution < 1.29 is 0 Å². The molecule has 0 fully saturated rings. The van der Waals surface area contributed by atoms with Gasteiger partial charge in [0.2, 0.25) is 0 Å². The minimum Gasteiger partial charge on any atom is -0.325 e. The van der Waals surface area contributed by atoms with E-state index in [0.717, 1.165) is 22.6 Å². The third-order valence-electron chi connectivity index (χ3n) is 3.02. The number of halogens is 1. The summed E-state index contributed by atoms with van der Waals surface area (Å²) >= 11 is 5.91. The monoisotopic (exact) mass is 296 g/mol. The van der Waals surface area contributed by atoms with Crippen LogP contribution in [0.1, 0.15) is 5.69 Å². The molecule has 2 heterocycles. The van der Waals surface area contributed by atoms with E-state index in [0.29, 0.717) is 17.4 Å². The summed E-state index contributed by atoms with van der Waals surface area (Å²) in [6.45, 7) is 0.350. The molecule has 3 aromatic rings. The quantitative estimate of drug-likeness (QED) is 0.805. The first-order valence-corrected chi connectivity index (χ1v) is 6.89. The molecule has 0 atom stereocenters. The molecule has 0 amide bonds. The molecule has 0 saturated carbocycles. The molecule has 2 N–H and O–H groups in total. The van der Waals surface area contributed by atoms with Crippen LogP contribution in [0.2, 0.25) is 5.02 Å². The van der Waals surface area contributed by atoms with Crippen molar-refractivity contribution in [3.05, 3.63) is 65.4 Å². The molecule has 0 unspecified atom stereocenters. The van der Waals surface area contributed by atoms with Crippen molar-refractivity contribution in [1.29, 1.82) is 0 Å². The number of rotatable bonds is 3. The molecule has 21 heavy (non-hydrogen) atoms. The minimum absolute atomic E-state index is 0.350. The van der Waals surface area contributed by atoms with Gasteiger partial charge in [-0.05, 0) is 42.5 Å². The van der Waals surface area contributed by atoms with Crippen LogP contribution in [0.25, 0.3) is 22.8 Å². The van der Waals surface area contributed by atoms with Crippen molar-refractivity contribution in [1.82, 2.24) is 15.0 Å². The molecule has 2 aromatic heterocycles.